The maximum atomic E-state index is 2.48. The summed E-state index contributed by atoms with van der Waals surface area (Å²) in [5.74, 6) is 3.22. The number of hydrogen-bond donors (Lipinski definition) is 0. The van der Waals surface area contributed by atoms with E-state index in [9.17, 15) is 0 Å². The van der Waals surface area contributed by atoms with Crippen LogP contribution in [0.1, 0.15) is 40.0 Å². The number of hydrogen-bond acceptors (Lipinski definition) is 0. The maximum Gasteiger partial charge on any atom is -0.0263 e. The van der Waals surface area contributed by atoms with Gasteiger partial charge in [-0.2, -0.15) is 0 Å². The van der Waals surface area contributed by atoms with Crippen LogP contribution in [-0.4, -0.2) is 0 Å². The monoisotopic (exact) mass is 138 g/mol. The molecule has 0 N–H and O–H groups in total. The molecule has 0 spiro atoms. The summed E-state index contributed by atoms with van der Waals surface area (Å²) >= 11 is 0. The van der Waals surface area contributed by atoms with E-state index in [-0.39, 0.29) is 0 Å². The van der Waals surface area contributed by atoms with Gasteiger partial charge in [0.1, 0.15) is 0 Å². The molecule has 2 fully saturated rings. The van der Waals surface area contributed by atoms with Gasteiger partial charge in [0.15, 0.2) is 0 Å². The van der Waals surface area contributed by atoms with Crippen molar-refractivity contribution in [1.82, 2.24) is 0 Å². The van der Waals surface area contributed by atoms with E-state index in [4.69, 9.17) is 0 Å². The lowest BCUT2D eigenvalue weighted by atomic mass is 9.67. The van der Waals surface area contributed by atoms with E-state index in [0.29, 0.717) is 0 Å². The van der Waals surface area contributed by atoms with Crippen molar-refractivity contribution in [3.8, 4) is 0 Å². The van der Waals surface area contributed by atoms with Crippen molar-refractivity contribution in [3.05, 3.63) is 0 Å². The van der Waals surface area contributed by atoms with E-state index in [0.717, 1.165) is 23.2 Å². The van der Waals surface area contributed by atoms with Crippen molar-refractivity contribution < 1.29 is 0 Å². The Bertz CT molecular complexity index is 150. The average Bonchev–Trinajstić information content (AvgIpc) is 2.41. The molecule has 0 heterocycles. The molecule has 0 aromatic rings. The molecule has 4 atom stereocenters. The summed E-state index contributed by atoms with van der Waals surface area (Å²) in [5.41, 5.74) is 0.829. The van der Waals surface area contributed by atoms with Crippen molar-refractivity contribution in [1.29, 1.82) is 0 Å². The Labute approximate surface area is 64.0 Å². The highest BCUT2D eigenvalue weighted by atomic mass is 14.7. The lowest BCUT2D eigenvalue weighted by Crippen LogP contribution is -2.30. The summed E-state index contributed by atoms with van der Waals surface area (Å²) in [6.07, 6.45) is 4.47. The molecule has 0 bridgehead atoms. The first-order chi connectivity index (χ1) is 4.68. The van der Waals surface area contributed by atoms with Gasteiger partial charge in [-0.05, 0) is 36.0 Å². The molecule has 2 aliphatic carbocycles. The minimum Gasteiger partial charge on any atom is -0.0651 e. The van der Waals surface area contributed by atoms with E-state index in [1.165, 1.54) is 6.42 Å². The molecule has 0 aromatic heterocycles. The van der Waals surface area contributed by atoms with Gasteiger partial charge in [0, 0.05) is 0 Å². The smallest absolute Gasteiger partial charge is 0.0263 e. The van der Waals surface area contributed by atoms with Gasteiger partial charge in [-0.15, -0.1) is 0 Å². The van der Waals surface area contributed by atoms with Gasteiger partial charge in [0.05, 0.1) is 0 Å². The Balaban J connectivity index is 1.96. The molecule has 0 aromatic carbocycles. The molecule has 2 saturated carbocycles. The minimum absolute atomic E-state index is 0.829. The van der Waals surface area contributed by atoms with Gasteiger partial charge in [0.2, 0.25) is 0 Å². The second-order valence-corrected chi connectivity index (χ2v) is 4.63. The van der Waals surface area contributed by atoms with Gasteiger partial charge in [-0.3, -0.25) is 0 Å². The predicted molar refractivity (Wildman–Crippen MR) is 43.8 cm³/mol. The van der Waals surface area contributed by atoms with Crippen LogP contribution < -0.4 is 0 Å². The van der Waals surface area contributed by atoms with E-state index >= 15 is 0 Å². The van der Waals surface area contributed by atoms with E-state index < -0.39 is 0 Å². The van der Waals surface area contributed by atoms with E-state index in [1.807, 2.05) is 0 Å². The van der Waals surface area contributed by atoms with Gasteiger partial charge in [0.25, 0.3) is 0 Å². The first-order valence-electron chi connectivity index (χ1n) is 4.68. The van der Waals surface area contributed by atoms with Crippen molar-refractivity contribution in [2.45, 2.75) is 40.0 Å². The summed E-state index contributed by atoms with van der Waals surface area (Å²) in [5, 5.41) is 0. The molecule has 10 heavy (non-hydrogen) atoms. The zero-order valence-electron chi connectivity index (χ0n) is 7.35. The van der Waals surface area contributed by atoms with E-state index in [2.05, 4.69) is 20.8 Å². The van der Waals surface area contributed by atoms with Crippen molar-refractivity contribution in [3.63, 3.8) is 0 Å². The van der Waals surface area contributed by atoms with Crippen LogP contribution in [0, 0.1) is 23.2 Å². The third kappa shape index (κ3) is 0.627. The van der Waals surface area contributed by atoms with Crippen LogP contribution in [0.4, 0.5) is 0 Å². The molecule has 0 aliphatic heterocycles. The van der Waals surface area contributed by atoms with Gasteiger partial charge >= 0.3 is 0 Å². The van der Waals surface area contributed by atoms with Crippen LogP contribution in [0.2, 0.25) is 0 Å². The van der Waals surface area contributed by atoms with Crippen LogP contribution in [0.5, 0.6) is 0 Å². The summed E-state index contributed by atoms with van der Waals surface area (Å²) in [4.78, 5) is 0. The third-order valence-electron chi connectivity index (χ3n) is 4.18. The molecule has 0 radical (unpaired) electrons. The molecular weight excluding hydrogens is 120 g/mol. The van der Waals surface area contributed by atoms with Gasteiger partial charge < -0.3 is 0 Å². The normalized spacial score (nSPS) is 53.1. The zero-order valence-corrected chi connectivity index (χ0v) is 7.35. The highest BCUT2D eigenvalue weighted by molar-refractivity contribution is 5.13. The van der Waals surface area contributed by atoms with E-state index in [1.54, 1.807) is 12.8 Å². The van der Waals surface area contributed by atoms with Gasteiger partial charge in [-0.25, -0.2) is 0 Å². The lowest BCUT2D eigenvalue weighted by molar-refractivity contribution is 0.111. The summed E-state index contributed by atoms with van der Waals surface area (Å²) in [6, 6.07) is 0. The highest BCUT2D eigenvalue weighted by Crippen LogP contribution is 2.72. The second-order valence-electron chi connectivity index (χ2n) is 4.63. The fourth-order valence-corrected chi connectivity index (χ4v) is 2.86. The Kier molecular flexibility index (Phi) is 1.19. The number of fused-ring (bicyclic) bond motifs is 1. The minimum atomic E-state index is 0.829. The van der Waals surface area contributed by atoms with Crippen LogP contribution in [-0.2, 0) is 0 Å². The topological polar surface area (TPSA) is 0 Å². The number of rotatable bonds is 2. The maximum absolute atomic E-state index is 2.48. The third-order valence-corrected chi connectivity index (χ3v) is 4.18. The molecule has 2 aliphatic rings. The second kappa shape index (κ2) is 1.78. The van der Waals surface area contributed by atoms with Crippen LogP contribution in [0.15, 0.2) is 0 Å². The predicted octanol–water partition coefficient (Wildman–Crippen LogP) is 3.08. The fourth-order valence-electron chi connectivity index (χ4n) is 2.86. The highest BCUT2D eigenvalue weighted by Gasteiger charge is 2.64. The van der Waals surface area contributed by atoms with Crippen LogP contribution >= 0.6 is 0 Å². The Morgan fingerprint density at radius 1 is 1.60 bits per heavy atom. The quantitative estimate of drug-likeness (QED) is 0.550. The molecule has 0 heteroatoms. The first-order valence-corrected chi connectivity index (χ1v) is 4.68. The first kappa shape index (κ1) is 6.69. The summed E-state index contributed by atoms with van der Waals surface area (Å²) in [6.45, 7) is 7.23. The molecule has 4 unspecified atom stereocenters. The molecule has 0 amide bonds. The summed E-state index contributed by atoms with van der Waals surface area (Å²) < 4.78 is 0. The van der Waals surface area contributed by atoms with Crippen molar-refractivity contribution in [2.24, 2.45) is 23.2 Å². The van der Waals surface area contributed by atoms with Crippen molar-refractivity contribution >= 4 is 0 Å². The standard InChI is InChI=1S/C10H18/c1-4-7(2)9-5-8-6-10(8,9)3/h7-9H,4-6H2,1-3H3. The van der Waals surface area contributed by atoms with Crippen molar-refractivity contribution in [2.75, 3.05) is 0 Å². The Morgan fingerprint density at radius 3 is 2.60 bits per heavy atom. The zero-order chi connectivity index (χ0) is 7.35. The Morgan fingerprint density at radius 2 is 2.30 bits per heavy atom. The molecule has 0 nitrogen and oxygen atoms in total. The molecular formula is C10H18. The summed E-state index contributed by atoms with van der Waals surface area (Å²) in [7, 11) is 0. The van der Waals surface area contributed by atoms with Crippen LogP contribution in [0.25, 0.3) is 0 Å². The fraction of sp³-hybridized carbons (Fsp3) is 1.00. The Hall–Kier alpha value is 0. The largest absolute Gasteiger partial charge is 0.0651 e. The van der Waals surface area contributed by atoms with Crippen LogP contribution in [0.3, 0.4) is 0 Å². The average molecular weight is 138 g/mol. The molecule has 58 valence electrons. The SMILES string of the molecule is CCC(C)C1CC2CC21C. The lowest BCUT2D eigenvalue weighted by Gasteiger charge is -2.38. The van der Waals surface area contributed by atoms with Gasteiger partial charge in [-0.1, -0.05) is 27.2 Å². The molecule has 0 saturated heterocycles. The molecule has 2 rings (SSSR count).